The van der Waals surface area contributed by atoms with E-state index in [4.69, 9.17) is 5.73 Å². The van der Waals surface area contributed by atoms with Crippen LogP contribution in [0.2, 0.25) is 0 Å². The van der Waals surface area contributed by atoms with Gasteiger partial charge in [0.1, 0.15) is 0 Å². The van der Waals surface area contributed by atoms with Crippen molar-refractivity contribution in [2.75, 3.05) is 20.1 Å². The number of amides is 1. The number of carbonyl (C=O) groups is 1. The third-order valence-electron chi connectivity index (χ3n) is 3.99. The van der Waals surface area contributed by atoms with Crippen LogP contribution in [0.15, 0.2) is 0 Å². The van der Waals surface area contributed by atoms with E-state index in [1.54, 1.807) is 0 Å². The van der Waals surface area contributed by atoms with E-state index in [1.807, 2.05) is 11.9 Å². The van der Waals surface area contributed by atoms with Crippen LogP contribution < -0.4 is 5.73 Å². The fraction of sp³-hybridized carbons (Fsp3) is 0.941. The molecule has 1 amide bonds. The van der Waals surface area contributed by atoms with Crippen LogP contribution in [0, 0.1) is 5.92 Å². The third kappa shape index (κ3) is 10.2. The lowest BCUT2D eigenvalue weighted by molar-refractivity contribution is -0.133. The van der Waals surface area contributed by atoms with Crippen molar-refractivity contribution in [3.63, 3.8) is 0 Å². The summed E-state index contributed by atoms with van der Waals surface area (Å²) >= 11 is 0. The highest BCUT2D eigenvalue weighted by Crippen LogP contribution is 2.14. The molecule has 3 heteroatoms. The molecule has 20 heavy (non-hydrogen) atoms. The van der Waals surface area contributed by atoms with E-state index in [2.05, 4.69) is 13.8 Å². The van der Waals surface area contributed by atoms with E-state index >= 15 is 0 Å². The zero-order valence-electron chi connectivity index (χ0n) is 14.0. The summed E-state index contributed by atoms with van der Waals surface area (Å²) in [7, 11) is 1.89. The Balaban J connectivity index is 3.52. The summed E-state index contributed by atoms with van der Waals surface area (Å²) in [6.07, 6.45) is 12.5. The molecule has 0 aromatic carbocycles. The number of hydrogen-bond donors (Lipinski definition) is 1. The van der Waals surface area contributed by atoms with Crippen molar-refractivity contribution in [1.29, 1.82) is 0 Å². The molecule has 0 aromatic heterocycles. The van der Waals surface area contributed by atoms with E-state index in [9.17, 15) is 4.79 Å². The van der Waals surface area contributed by atoms with Gasteiger partial charge in [-0.1, -0.05) is 65.2 Å². The SMILES string of the molecule is CCCCCCCCCCC(C)C(=O)N(C)CCCN. The molecule has 0 aliphatic rings. The molecule has 0 spiro atoms. The van der Waals surface area contributed by atoms with Gasteiger partial charge in [-0.2, -0.15) is 0 Å². The number of carbonyl (C=O) groups excluding carboxylic acids is 1. The Morgan fingerprint density at radius 3 is 2.10 bits per heavy atom. The maximum absolute atomic E-state index is 12.1. The number of unbranched alkanes of at least 4 members (excludes halogenated alkanes) is 7. The van der Waals surface area contributed by atoms with Crippen LogP contribution in [0.1, 0.15) is 78.1 Å². The molecular weight excluding hydrogens is 248 g/mol. The van der Waals surface area contributed by atoms with Crippen LogP contribution in [0.3, 0.4) is 0 Å². The van der Waals surface area contributed by atoms with Gasteiger partial charge in [0.2, 0.25) is 5.91 Å². The Bertz CT molecular complexity index is 231. The predicted molar refractivity (Wildman–Crippen MR) is 87.7 cm³/mol. The summed E-state index contributed by atoms with van der Waals surface area (Å²) in [5.41, 5.74) is 5.47. The Morgan fingerprint density at radius 2 is 1.55 bits per heavy atom. The smallest absolute Gasteiger partial charge is 0.225 e. The Hall–Kier alpha value is -0.570. The summed E-state index contributed by atoms with van der Waals surface area (Å²) in [4.78, 5) is 13.9. The molecular formula is C17H36N2O. The molecule has 0 saturated carbocycles. The Kier molecular flexibility index (Phi) is 13.0. The van der Waals surface area contributed by atoms with Crippen molar-refractivity contribution < 1.29 is 4.79 Å². The second-order valence-corrected chi connectivity index (χ2v) is 6.07. The van der Waals surface area contributed by atoms with Gasteiger partial charge in [-0.25, -0.2) is 0 Å². The Labute approximate surface area is 126 Å². The highest BCUT2D eigenvalue weighted by atomic mass is 16.2. The van der Waals surface area contributed by atoms with Crippen LogP contribution in [0.4, 0.5) is 0 Å². The standard InChI is InChI=1S/C17H36N2O/c1-4-5-6-7-8-9-10-11-13-16(2)17(20)19(3)15-12-14-18/h16H,4-15,18H2,1-3H3. The van der Waals surface area contributed by atoms with E-state index < -0.39 is 0 Å². The number of rotatable bonds is 13. The van der Waals surface area contributed by atoms with Crippen LogP contribution in [0.25, 0.3) is 0 Å². The van der Waals surface area contributed by atoms with Crippen molar-refractivity contribution >= 4 is 5.91 Å². The van der Waals surface area contributed by atoms with Gasteiger partial charge in [0.25, 0.3) is 0 Å². The monoisotopic (exact) mass is 284 g/mol. The summed E-state index contributed by atoms with van der Waals surface area (Å²) in [5.74, 6) is 0.444. The highest BCUT2D eigenvalue weighted by molar-refractivity contribution is 5.78. The third-order valence-corrected chi connectivity index (χ3v) is 3.99. The largest absolute Gasteiger partial charge is 0.345 e. The zero-order chi connectivity index (χ0) is 15.2. The Morgan fingerprint density at radius 1 is 1.00 bits per heavy atom. The number of nitrogens with zero attached hydrogens (tertiary/aromatic N) is 1. The fourth-order valence-electron chi connectivity index (χ4n) is 2.52. The molecule has 0 aliphatic carbocycles. The van der Waals surface area contributed by atoms with Gasteiger partial charge >= 0.3 is 0 Å². The van der Waals surface area contributed by atoms with Crippen LogP contribution in [0.5, 0.6) is 0 Å². The van der Waals surface area contributed by atoms with Gasteiger partial charge in [-0.05, 0) is 19.4 Å². The summed E-state index contributed by atoms with van der Waals surface area (Å²) < 4.78 is 0. The molecule has 2 N–H and O–H groups in total. The molecule has 0 rings (SSSR count). The average Bonchev–Trinajstić information content (AvgIpc) is 2.46. The lowest BCUT2D eigenvalue weighted by Gasteiger charge is -2.21. The quantitative estimate of drug-likeness (QED) is 0.520. The van der Waals surface area contributed by atoms with Gasteiger partial charge in [0, 0.05) is 19.5 Å². The van der Waals surface area contributed by atoms with E-state index in [-0.39, 0.29) is 11.8 Å². The number of nitrogens with two attached hydrogens (primary N) is 1. The second kappa shape index (κ2) is 13.4. The lowest BCUT2D eigenvalue weighted by Crippen LogP contribution is -2.33. The van der Waals surface area contributed by atoms with Gasteiger partial charge in [0.15, 0.2) is 0 Å². The second-order valence-electron chi connectivity index (χ2n) is 6.07. The molecule has 0 radical (unpaired) electrons. The highest BCUT2D eigenvalue weighted by Gasteiger charge is 2.16. The van der Waals surface area contributed by atoms with Crippen molar-refractivity contribution in [1.82, 2.24) is 4.90 Å². The molecule has 0 heterocycles. The molecule has 0 saturated heterocycles. The average molecular weight is 284 g/mol. The molecule has 3 nitrogen and oxygen atoms in total. The van der Waals surface area contributed by atoms with Gasteiger partial charge in [-0.15, -0.1) is 0 Å². The summed E-state index contributed by atoms with van der Waals surface area (Å²) in [6, 6.07) is 0. The van der Waals surface area contributed by atoms with Gasteiger partial charge < -0.3 is 10.6 Å². The summed E-state index contributed by atoms with van der Waals surface area (Å²) in [5, 5.41) is 0. The minimum atomic E-state index is 0.165. The molecule has 120 valence electrons. The molecule has 0 aliphatic heterocycles. The first-order valence-corrected chi connectivity index (χ1v) is 8.58. The van der Waals surface area contributed by atoms with E-state index in [0.717, 1.165) is 19.4 Å². The van der Waals surface area contributed by atoms with Gasteiger partial charge in [-0.3, -0.25) is 4.79 Å². The maximum atomic E-state index is 12.1. The first-order chi connectivity index (χ1) is 9.63. The molecule has 1 atom stereocenters. The van der Waals surface area contributed by atoms with Crippen LogP contribution >= 0.6 is 0 Å². The lowest BCUT2D eigenvalue weighted by atomic mass is 10.0. The minimum absolute atomic E-state index is 0.165. The first-order valence-electron chi connectivity index (χ1n) is 8.58. The van der Waals surface area contributed by atoms with Crippen LogP contribution in [-0.2, 0) is 4.79 Å². The minimum Gasteiger partial charge on any atom is -0.345 e. The van der Waals surface area contributed by atoms with Gasteiger partial charge in [0.05, 0.1) is 0 Å². The normalized spacial score (nSPS) is 12.4. The van der Waals surface area contributed by atoms with Crippen molar-refractivity contribution in [2.24, 2.45) is 11.7 Å². The van der Waals surface area contributed by atoms with Crippen LogP contribution in [-0.4, -0.2) is 30.9 Å². The fourth-order valence-corrected chi connectivity index (χ4v) is 2.52. The molecule has 0 aromatic rings. The van der Waals surface area contributed by atoms with E-state index in [1.165, 1.54) is 51.4 Å². The topological polar surface area (TPSA) is 46.3 Å². The van der Waals surface area contributed by atoms with Crippen molar-refractivity contribution in [2.45, 2.75) is 78.1 Å². The first kappa shape index (κ1) is 19.4. The molecule has 0 bridgehead atoms. The molecule has 0 fully saturated rings. The summed E-state index contributed by atoms with van der Waals surface area (Å²) in [6.45, 7) is 5.76. The molecule has 1 unspecified atom stereocenters. The van der Waals surface area contributed by atoms with E-state index in [0.29, 0.717) is 6.54 Å². The van der Waals surface area contributed by atoms with Crippen molar-refractivity contribution in [3.05, 3.63) is 0 Å². The number of hydrogen-bond acceptors (Lipinski definition) is 2. The zero-order valence-corrected chi connectivity index (χ0v) is 14.0. The predicted octanol–water partition coefficient (Wildman–Crippen LogP) is 3.96. The van der Waals surface area contributed by atoms with Crippen molar-refractivity contribution in [3.8, 4) is 0 Å². The maximum Gasteiger partial charge on any atom is 0.225 e.